The molecule has 136 valence electrons. The Labute approximate surface area is 154 Å². The van der Waals surface area contributed by atoms with Gasteiger partial charge in [0.1, 0.15) is 5.69 Å². The van der Waals surface area contributed by atoms with E-state index in [-0.39, 0.29) is 17.2 Å². The number of ketones is 1. The molecule has 0 bridgehead atoms. The molecule has 2 N–H and O–H groups in total. The van der Waals surface area contributed by atoms with E-state index < -0.39 is 0 Å². The zero-order chi connectivity index (χ0) is 17.6. The van der Waals surface area contributed by atoms with Crippen LogP contribution in [0.15, 0.2) is 24.4 Å². The molecular formula is C21H26N4O. The number of hydrogen-bond acceptors (Lipinski definition) is 5. The Morgan fingerprint density at radius 3 is 2.65 bits per heavy atom. The van der Waals surface area contributed by atoms with Gasteiger partial charge in [-0.1, -0.05) is 18.6 Å². The third kappa shape index (κ3) is 2.74. The molecule has 2 aliphatic carbocycles. The van der Waals surface area contributed by atoms with Gasteiger partial charge in [-0.3, -0.25) is 20.6 Å². The molecule has 3 fully saturated rings. The quantitative estimate of drug-likeness (QED) is 0.829. The predicted octanol–water partition coefficient (Wildman–Crippen LogP) is 3.51. The van der Waals surface area contributed by atoms with Crippen molar-refractivity contribution in [1.29, 1.82) is 0 Å². The summed E-state index contributed by atoms with van der Waals surface area (Å²) in [4.78, 5) is 22.0. The van der Waals surface area contributed by atoms with Crippen molar-refractivity contribution in [3.8, 4) is 0 Å². The Bertz CT molecular complexity index is 829. The van der Waals surface area contributed by atoms with Crippen molar-refractivity contribution < 1.29 is 4.79 Å². The van der Waals surface area contributed by atoms with Crippen molar-refractivity contribution in [2.45, 2.75) is 62.8 Å². The van der Waals surface area contributed by atoms with E-state index in [0.717, 1.165) is 49.7 Å². The van der Waals surface area contributed by atoms with Crippen LogP contribution < -0.4 is 10.9 Å². The summed E-state index contributed by atoms with van der Waals surface area (Å²) in [6, 6.07) is 6.29. The minimum atomic E-state index is 0.171. The Kier molecular flexibility index (Phi) is 4.02. The van der Waals surface area contributed by atoms with E-state index in [2.05, 4.69) is 28.0 Å². The minimum absolute atomic E-state index is 0.171. The summed E-state index contributed by atoms with van der Waals surface area (Å²) in [7, 11) is 0. The van der Waals surface area contributed by atoms with Crippen LogP contribution >= 0.6 is 0 Å². The summed E-state index contributed by atoms with van der Waals surface area (Å²) in [6.07, 6.45) is 10.8. The fraction of sp³-hybridized carbons (Fsp3) is 0.571. The molecule has 26 heavy (non-hydrogen) atoms. The standard InChI is InChI=1S/C21H26N4O/c26-20(15-3-1-4-15)18-13-22-17-6-2-5-16(19(17)24-18)14-7-9-21(10-8-14)11-12-23-25-21/h2,5-6,13-15,23,25H,1,3-4,7-12H2. The molecule has 5 rings (SSSR count). The zero-order valence-electron chi connectivity index (χ0n) is 15.1. The number of hydrazine groups is 1. The fourth-order valence-corrected chi connectivity index (χ4v) is 4.85. The molecule has 0 radical (unpaired) electrons. The molecular weight excluding hydrogens is 324 g/mol. The van der Waals surface area contributed by atoms with Crippen LogP contribution in [0.1, 0.15) is 73.3 Å². The Hall–Kier alpha value is -1.85. The van der Waals surface area contributed by atoms with Crippen molar-refractivity contribution in [3.63, 3.8) is 0 Å². The van der Waals surface area contributed by atoms with E-state index in [1.54, 1.807) is 6.20 Å². The van der Waals surface area contributed by atoms with Gasteiger partial charge in [-0.2, -0.15) is 0 Å². The third-order valence-electron chi connectivity index (χ3n) is 6.80. The molecule has 0 unspecified atom stereocenters. The average Bonchev–Trinajstić information content (AvgIpc) is 3.08. The van der Waals surface area contributed by atoms with Crippen LogP contribution in [0.2, 0.25) is 0 Å². The molecule has 1 saturated heterocycles. The SMILES string of the molecule is O=C(c1cnc2cccc(C3CCC4(CCNN4)CC3)c2n1)C1CCC1. The number of benzene rings is 1. The zero-order valence-corrected chi connectivity index (χ0v) is 15.1. The first-order valence-corrected chi connectivity index (χ1v) is 10.0. The molecule has 2 saturated carbocycles. The van der Waals surface area contributed by atoms with Crippen molar-refractivity contribution in [2.75, 3.05) is 6.54 Å². The molecule has 1 spiro atoms. The predicted molar refractivity (Wildman–Crippen MR) is 101 cm³/mol. The van der Waals surface area contributed by atoms with Crippen LogP contribution in [-0.4, -0.2) is 27.8 Å². The monoisotopic (exact) mass is 350 g/mol. The molecule has 1 aromatic heterocycles. The molecule has 2 heterocycles. The van der Waals surface area contributed by atoms with Gasteiger partial charge in [-0.05, 0) is 62.5 Å². The summed E-state index contributed by atoms with van der Waals surface area (Å²) >= 11 is 0. The normalized spacial score (nSPS) is 29.2. The number of aromatic nitrogens is 2. The number of Topliss-reactive ketones (excluding diaryl/α,β-unsaturated/α-hetero) is 1. The van der Waals surface area contributed by atoms with E-state index in [4.69, 9.17) is 4.98 Å². The summed E-state index contributed by atoms with van der Waals surface area (Å²) in [5.74, 6) is 0.865. The smallest absolute Gasteiger partial charge is 0.185 e. The maximum absolute atomic E-state index is 12.6. The average molecular weight is 350 g/mol. The summed E-state index contributed by atoms with van der Waals surface area (Å²) < 4.78 is 0. The number of nitrogens with one attached hydrogen (secondary N) is 2. The second-order valence-electron chi connectivity index (χ2n) is 8.32. The van der Waals surface area contributed by atoms with Crippen molar-refractivity contribution >= 4 is 16.8 Å². The maximum Gasteiger partial charge on any atom is 0.185 e. The van der Waals surface area contributed by atoms with Crippen molar-refractivity contribution in [1.82, 2.24) is 20.8 Å². The second kappa shape index (κ2) is 6.39. The van der Waals surface area contributed by atoms with Gasteiger partial charge < -0.3 is 0 Å². The number of hydrogen-bond donors (Lipinski definition) is 2. The number of rotatable bonds is 3. The van der Waals surface area contributed by atoms with E-state index >= 15 is 0 Å². The largest absolute Gasteiger partial charge is 0.292 e. The number of carbonyl (C=O) groups excluding carboxylic acids is 1. The van der Waals surface area contributed by atoms with Crippen LogP contribution in [-0.2, 0) is 0 Å². The first-order valence-electron chi connectivity index (χ1n) is 10.0. The van der Waals surface area contributed by atoms with Crippen LogP contribution in [0.25, 0.3) is 11.0 Å². The molecule has 5 heteroatoms. The Balaban J connectivity index is 1.44. The number of para-hydroxylation sites is 1. The lowest BCUT2D eigenvalue weighted by atomic mass is 9.73. The van der Waals surface area contributed by atoms with Gasteiger partial charge in [0.05, 0.1) is 17.2 Å². The second-order valence-corrected chi connectivity index (χ2v) is 8.32. The van der Waals surface area contributed by atoms with Crippen molar-refractivity contribution in [3.05, 3.63) is 35.7 Å². The fourth-order valence-electron chi connectivity index (χ4n) is 4.85. The molecule has 1 aromatic carbocycles. The minimum Gasteiger partial charge on any atom is -0.292 e. The molecule has 5 nitrogen and oxygen atoms in total. The van der Waals surface area contributed by atoms with E-state index in [9.17, 15) is 4.79 Å². The molecule has 0 amide bonds. The van der Waals surface area contributed by atoms with Crippen molar-refractivity contribution in [2.24, 2.45) is 5.92 Å². The lowest BCUT2D eigenvalue weighted by Crippen LogP contribution is -2.46. The van der Waals surface area contributed by atoms with E-state index in [0.29, 0.717) is 11.6 Å². The highest BCUT2D eigenvalue weighted by Gasteiger charge is 2.38. The highest BCUT2D eigenvalue weighted by atomic mass is 16.1. The highest BCUT2D eigenvalue weighted by molar-refractivity contribution is 5.97. The van der Waals surface area contributed by atoms with Crippen LogP contribution in [0.4, 0.5) is 0 Å². The Morgan fingerprint density at radius 1 is 1.12 bits per heavy atom. The molecule has 0 atom stereocenters. The third-order valence-corrected chi connectivity index (χ3v) is 6.80. The van der Waals surface area contributed by atoms with Gasteiger partial charge in [-0.25, -0.2) is 4.98 Å². The lowest BCUT2D eigenvalue weighted by molar-refractivity contribution is 0.0850. The van der Waals surface area contributed by atoms with Crippen LogP contribution in [0, 0.1) is 5.92 Å². The highest BCUT2D eigenvalue weighted by Crippen LogP contribution is 2.41. The van der Waals surface area contributed by atoms with Gasteiger partial charge in [0.2, 0.25) is 0 Å². The molecule has 1 aliphatic heterocycles. The van der Waals surface area contributed by atoms with Crippen LogP contribution in [0.5, 0.6) is 0 Å². The topological polar surface area (TPSA) is 66.9 Å². The molecule has 3 aliphatic rings. The van der Waals surface area contributed by atoms with E-state index in [1.165, 1.54) is 24.8 Å². The number of fused-ring (bicyclic) bond motifs is 1. The maximum atomic E-state index is 12.6. The van der Waals surface area contributed by atoms with Crippen LogP contribution in [0.3, 0.4) is 0 Å². The lowest BCUT2D eigenvalue weighted by Gasteiger charge is -2.37. The van der Waals surface area contributed by atoms with E-state index in [1.807, 2.05) is 6.07 Å². The van der Waals surface area contributed by atoms with Gasteiger partial charge in [0.15, 0.2) is 5.78 Å². The Morgan fingerprint density at radius 2 is 1.96 bits per heavy atom. The van der Waals surface area contributed by atoms with Gasteiger partial charge in [-0.15, -0.1) is 0 Å². The summed E-state index contributed by atoms with van der Waals surface area (Å²) in [6.45, 7) is 1.07. The first-order chi connectivity index (χ1) is 12.7. The van der Waals surface area contributed by atoms with Gasteiger partial charge in [0.25, 0.3) is 0 Å². The number of nitrogens with zero attached hydrogens (tertiary/aromatic N) is 2. The summed E-state index contributed by atoms with van der Waals surface area (Å²) in [5.41, 5.74) is 10.8. The molecule has 2 aromatic rings. The van der Waals surface area contributed by atoms with Gasteiger partial charge in [0, 0.05) is 18.0 Å². The summed E-state index contributed by atoms with van der Waals surface area (Å²) in [5, 5.41) is 0. The van der Waals surface area contributed by atoms with Gasteiger partial charge >= 0.3 is 0 Å². The number of carbonyl (C=O) groups is 1. The first kappa shape index (κ1) is 16.3.